The summed E-state index contributed by atoms with van der Waals surface area (Å²) in [7, 11) is -1.62. The van der Waals surface area contributed by atoms with E-state index in [1.807, 2.05) is 31.2 Å². The minimum Gasteiger partial charge on any atom is -0.369 e. The van der Waals surface area contributed by atoms with Gasteiger partial charge in [0, 0.05) is 69.3 Å². The zero-order valence-corrected chi connectivity index (χ0v) is 25.1. The molecular formula is C30H40N6O5S. The summed E-state index contributed by atoms with van der Waals surface area (Å²) in [5, 5.41) is 2.95. The molecule has 226 valence electrons. The van der Waals surface area contributed by atoms with Gasteiger partial charge in [0.05, 0.1) is 18.3 Å². The molecule has 0 aliphatic carbocycles. The van der Waals surface area contributed by atoms with E-state index in [4.69, 9.17) is 0 Å². The molecule has 0 spiro atoms. The van der Waals surface area contributed by atoms with Crippen LogP contribution in [-0.4, -0.2) is 110 Å². The molecule has 0 saturated carbocycles. The molecule has 3 fully saturated rings. The van der Waals surface area contributed by atoms with Crippen molar-refractivity contribution in [3.8, 4) is 0 Å². The van der Waals surface area contributed by atoms with E-state index in [-0.39, 0.29) is 42.2 Å². The number of piperazine rings is 1. The van der Waals surface area contributed by atoms with Crippen LogP contribution in [0.2, 0.25) is 0 Å². The van der Waals surface area contributed by atoms with E-state index in [0.717, 1.165) is 31.9 Å². The quantitative estimate of drug-likeness (QED) is 0.436. The fourth-order valence-electron chi connectivity index (χ4n) is 6.13. The Hall–Kier alpha value is -3.35. The lowest BCUT2D eigenvalue weighted by molar-refractivity contribution is -0.137. The van der Waals surface area contributed by atoms with Gasteiger partial charge in [-0.1, -0.05) is 13.0 Å². The summed E-state index contributed by atoms with van der Waals surface area (Å²) in [6.07, 6.45) is 4.36. The summed E-state index contributed by atoms with van der Waals surface area (Å²) < 4.78 is 27.5. The average molecular weight is 597 g/mol. The smallest absolute Gasteiger partial charge is 0.251 e. The Balaban J connectivity index is 1.08. The molecule has 1 N–H and O–H groups in total. The van der Waals surface area contributed by atoms with Crippen molar-refractivity contribution in [1.29, 1.82) is 0 Å². The molecular weight excluding hydrogens is 556 g/mol. The van der Waals surface area contributed by atoms with Crippen LogP contribution >= 0.6 is 0 Å². The predicted molar refractivity (Wildman–Crippen MR) is 159 cm³/mol. The summed E-state index contributed by atoms with van der Waals surface area (Å²) in [6, 6.07) is 9.78. The maximum absolute atomic E-state index is 13.2. The minimum atomic E-state index is -3.74. The molecule has 3 atom stereocenters. The number of pyridine rings is 1. The lowest BCUT2D eigenvalue weighted by Gasteiger charge is -2.34. The summed E-state index contributed by atoms with van der Waals surface area (Å²) in [5.41, 5.74) is 2.27. The predicted octanol–water partition coefficient (Wildman–Crippen LogP) is 1.36. The van der Waals surface area contributed by atoms with Crippen LogP contribution in [0, 0.1) is 5.92 Å². The second kappa shape index (κ2) is 12.9. The number of rotatable bonds is 10. The maximum Gasteiger partial charge on any atom is 0.251 e. The molecule has 12 heteroatoms. The van der Waals surface area contributed by atoms with E-state index in [2.05, 4.69) is 27.1 Å². The number of carbonyl (C=O) groups is 3. The van der Waals surface area contributed by atoms with Crippen molar-refractivity contribution in [2.24, 2.45) is 5.92 Å². The Morgan fingerprint density at radius 2 is 1.81 bits per heavy atom. The molecule has 3 unspecified atom stereocenters. The fraction of sp³-hybridized carbons (Fsp3) is 0.533. The van der Waals surface area contributed by atoms with E-state index >= 15 is 0 Å². The van der Waals surface area contributed by atoms with Gasteiger partial charge in [-0.25, -0.2) is 8.42 Å². The normalized spacial score (nSPS) is 22.3. The van der Waals surface area contributed by atoms with Gasteiger partial charge in [-0.2, -0.15) is 4.31 Å². The monoisotopic (exact) mass is 596 g/mol. The van der Waals surface area contributed by atoms with E-state index in [9.17, 15) is 22.8 Å². The minimum absolute atomic E-state index is 0.0154. The number of likely N-dealkylation sites (tertiary alicyclic amines) is 1. The number of aromatic nitrogens is 1. The number of hydrogen-bond donors (Lipinski definition) is 1. The van der Waals surface area contributed by atoms with Gasteiger partial charge in [0.2, 0.25) is 15.9 Å². The highest BCUT2D eigenvalue weighted by atomic mass is 32.2. The van der Waals surface area contributed by atoms with Gasteiger partial charge in [0.1, 0.15) is 6.04 Å². The third-order valence-corrected chi connectivity index (χ3v) is 10.4. The first-order valence-corrected chi connectivity index (χ1v) is 16.3. The van der Waals surface area contributed by atoms with E-state index in [1.165, 1.54) is 10.5 Å². The van der Waals surface area contributed by atoms with Gasteiger partial charge in [-0.3, -0.25) is 19.4 Å². The lowest BCUT2D eigenvalue weighted by atomic mass is 10.0. The summed E-state index contributed by atoms with van der Waals surface area (Å²) >= 11 is 0. The third-order valence-electron chi connectivity index (χ3n) is 8.57. The molecule has 3 aliphatic heterocycles. The highest BCUT2D eigenvalue weighted by Gasteiger charge is 2.53. The van der Waals surface area contributed by atoms with Crippen molar-refractivity contribution in [3.05, 3.63) is 59.9 Å². The molecule has 42 heavy (non-hydrogen) atoms. The molecule has 3 aliphatic rings. The first kappa shape index (κ1) is 30.1. The highest BCUT2D eigenvalue weighted by molar-refractivity contribution is 7.88. The number of carbonyl (C=O) groups excluding carboxylic acids is 3. The SMILES string of the molecule is CC(CCNC(=O)c1ccc(N2CCN(C)CC2)cc1)CC(=O)N1CCC2C1C(=O)CN2S(=O)(=O)Cc1cccnc1. The Bertz CT molecular complexity index is 1380. The van der Waals surface area contributed by atoms with Crippen LogP contribution in [0.5, 0.6) is 0 Å². The second-order valence-electron chi connectivity index (χ2n) is 11.7. The van der Waals surface area contributed by atoms with Crippen molar-refractivity contribution in [3.63, 3.8) is 0 Å². The number of ketones is 1. The van der Waals surface area contributed by atoms with Crippen LogP contribution in [0.15, 0.2) is 48.8 Å². The van der Waals surface area contributed by atoms with Gasteiger partial charge in [-0.05, 0) is 61.7 Å². The first-order valence-electron chi connectivity index (χ1n) is 14.6. The van der Waals surface area contributed by atoms with Crippen molar-refractivity contribution in [2.45, 2.75) is 44.0 Å². The zero-order chi connectivity index (χ0) is 29.9. The van der Waals surface area contributed by atoms with Crippen LogP contribution in [0.4, 0.5) is 5.69 Å². The summed E-state index contributed by atoms with van der Waals surface area (Å²) in [4.78, 5) is 48.9. The van der Waals surface area contributed by atoms with Crippen molar-refractivity contribution in [2.75, 3.05) is 57.8 Å². The van der Waals surface area contributed by atoms with E-state index in [1.54, 1.807) is 23.2 Å². The molecule has 2 amide bonds. The largest absolute Gasteiger partial charge is 0.369 e. The number of nitrogens with zero attached hydrogens (tertiary/aromatic N) is 5. The Morgan fingerprint density at radius 1 is 1.07 bits per heavy atom. The molecule has 5 rings (SSSR count). The number of benzene rings is 1. The topological polar surface area (TPSA) is 123 Å². The van der Waals surface area contributed by atoms with Crippen molar-refractivity contribution >= 4 is 33.3 Å². The highest BCUT2D eigenvalue weighted by Crippen LogP contribution is 2.33. The number of fused-ring (bicyclic) bond motifs is 1. The summed E-state index contributed by atoms with van der Waals surface area (Å²) in [6.45, 7) is 6.50. The molecule has 1 aromatic heterocycles. The lowest BCUT2D eigenvalue weighted by Crippen LogP contribution is -2.44. The molecule has 4 heterocycles. The van der Waals surface area contributed by atoms with E-state index < -0.39 is 22.1 Å². The van der Waals surface area contributed by atoms with E-state index in [0.29, 0.717) is 37.1 Å². The zero-order valence-electron chi connectivity index (χ0n) is 24.3. The van der Waals surface area contributed by atoms with Crippen LogP contribution in [-0.2, 0) is 25.4 Å². The number of hydrogen-bond acceptors (Lipinski definition) is 8. The average Bonchev–Trinajstić information content (AvgIpc) is 3.55. The summed E-state index contributed by atoms with van der Waals surface area (Å²) in [5.74, 6) is -0.780. The number of sulfonamides is 1. The fourth-order valence-corrected chi connectivity index (χ4v) is 7.85. The maximum atomic E-state index is 13.2. The third kappa shape index (κ3) is 6.82. The number of anilines is 1. The standard InChI is InChI=1S/C30H40N6O5S/c1-22(9-12-32-30(39)24-5-7-25(8-6-24)34-16-14-33(2)15-17-34)18-28(38)35-13-10-26-29(35)27(37)20-36(26)42(40,41)21-23-4-3-11-31-19-23/h3-8,11,19,22,26,29H,9-10,12-18,20-21H2,1-2H3,(H,32,39). The number of nitrogens with one attached hydrogen (secondary N) is 1. The van der Waals surface area contributed by atoms with Crippen LogP contribution in [0.3, 0.4) is 0 Å². The Labute approximate surface area is 247 Å². The van der Waals surface area contributed by atoms with Gasteiger partial charge < -0.3 is 20.0 Å². The van der Waals surface area contributed by atoms with Crippen molar-refractivity contribution < 1.29 is 22.8 Å². The van der Waals surface area contributed by atoms with Crippen molar-refractivity contribution in [1.82, 2.24) is 24.4 Å². The molecule has 2 aromatic rings. The number of likely N-dealkylation sites (N-methyl/N-ethyl adjacent to an activating group) is 1. The number of Topliss-reactive ketones (excluding diaryl/α,β-unsaturated/α-hetero) is 1. The number of amides is 2. The molecule has 0 radical (unpaired) electrons. The van der Waals surface area contributed by atoms with Crippen LogP contribution in [0.1, 0.15) is 42.1 Å². The second-order valence-corrected chi connectivity index (χ2v) is 13.6. The van der Waals surface area contributed by atoms with Gasteiger partial charge in [0.15, 0.2) is 5.78 Å². The van der Waals surface area contributed by atoms with Crippen LogP contribution < -0.4 is 10.2 Å². The molecule has 11 nitrogen and oxygen atoms in total. The molecule has 0 bridgehead atoms. The van der Waals surface area contributed by atoms with Gasteiger partial charge in [0.25, 0.3) is 5.91 Å². The molecule has 1 aromatic carbocycles. The molecule has 3 saturated heterocycles. The van der Waals surface area contributed by atoms with Crippen LogP contribution in [0.25, 0.3) is 0 Å². The first-order chi connectivity index (χ1) is 20.1. The van der Waals surface area contributed by atoms with Gasteiger partial charge >= 0.3 is 0 Å². The Morgan fingerprint density at radius 3 is 2.50 bits per heavy atom. The van der Waals surface area contributed by atoms with Gasteiger partial charge in [-0.15, -0.1) is 0 Å². The Kier molecular flexibility index (Phi) is 9.24.